The highest BCUT2D eigenvalue weighted by molar-refractivity contribution is 5.95. The van der Waals surface area contributed by atoms with Gasteiger partial charge in [-0.05, 0) is 18.6 Å². The zero-order valence-electron chi connectivity index (χ0n) is 29.1. The molecule has 1 saturated heterocycles. The Bertz CT molecular complexity index is 1650. The molecule has 15 nitrogen and oxygen atoms in total. The summed E-state index contributed by atoms with van der Waals surface area (Å²) in [6.45, 7) is 5.61. The van der Waals surface area contributed by atoms with Crippen LogP contribution in [-0.2, 0) is 62.0 Å². The summed E-state index contributed by atoms with van der Waals surface area (Å²) in [6, 6.07) is 8.71. The number of ether oxygens (including phenoxy) is 6. The lowest BCUT2D eigenvalue weighted by Gasteiger charge is -2.63. The zero-order valence-corrected chi connectivity index (χ0v) is 29.1. The monoisotopic (exact) mass is 714 g/mol. The summed E-state index contributed by atoms with van der Waals surface area (Å²) in [6.07, 6.45) is -7.90. The van der Waals surface area contributed by atoms with Gasteiger partial charge in [-0.3, -0.25) is 28.8 Å². The SMILES string of the molecule is CC(=O)OC[C@@]12[C@@H](OC(C)=O)C[C@H](OC(=O)C=Cc3ccccc3)C(=O)[C@H]1[C@@H](OC(C)=O)[C@H]1CC(=O)[C@@]3(C)OC[C@@]1(C)[C@@]3(O)[C@H](O)[C@@H]2OC(C)=O. The minimum Gasteiger partial charge on any atom is -0.465 e. The minimum absolute atomic E-state index is 0.369. The standard InChI is InChI=1S/C36H42O15/c1-18(37)46-17-35-26(48-19(2)38)15-24(51-27(42)13-12-22-10-8-7-9-11-22)29(43)28(35)30(49-20(3)39)23-14-25(41)34(6)36(45,33(23,5)16-47-34)31(44)32(35)50-21(4)40/h7-13,23-24,26,28,30-32,44-45H,14-17H2,1-6H3/t23-,24+,26+,28+,30+,31-,32+,33-,34-,35-,36+/m1/s1. The van der Waals surface area contributed by atoms with E-state index >= 15 is 0 Å². The molecule has 4 bridgehead atoms. The fourth-order valence-corrected chi connectivity index (χ4v) is 8.79. The number of Topliss-reactive ketones (excluding diaryl/α,β-unsaturated/α-hetero) is 2. The minimum atomic E-state index is -2.58. The first kappa shape index (κ1) is 37.8. The average Bonchev–Trinajstić information content (AvgIpc) is 3.20. The van der Waals surface area contributed by atoms with Gasteiger partial charge in [0.25, 0.3) is 0 Å². The van der Waals surface area contributed by atoms with Crippen molar-refractivity contribution in [3.63, 3.8) is 0 Å². The van der Waals surface area contributed by atoms with E-state index in [0.717, 1.165) is 33.8 Å². The van der Waals surface area contributed by atoms with E-state index in [-0.39, 0.29) is 6.61 Å². The number of fused-ring (bicyclic) bond motifs is 1. The van der Waals surface area contributed by atoms with Gasteiger partial charge in [0.05, 0.1) is 17.9 Å². The van der Waals surface area contributed by atoms with Gasteiger partial charge in [-0.2, -0.15) is 0 Å². The molecule has 1 aliphatic heterocycles. The molecule has 3 aliphatic carbocycles. The molecule has 15 heteroatoms. The van der Waals surface area contributed by atoms with Crippen molar-refractivity contribution < 1.29 is 72.2 Å². The van der Waals surface area contributed by atoms with Crippen LogP contribution >= 0.6 is 0 Å². The molecular weight excluding hydrogens is 672 g/mol. The van der Waals surface area contributed by atoms with Crippen molar-refractivity contribution in [1.29, 1.82) is 0 Å². The van der Waals surface area contributed by atoms with E-state index < -0.39 is 125 Å². The Morgan fingerprint density at radius 3 is 2.12 bits per heavy atom. The van der Waals surface area contributed by atoms with Gasteiger partial charge >= 0.3 is 29.8 Å². The second-order valence-electron chi connectivity index (χ2n) is 14.1. The van der Waals surface area contributed by atoms with Crippen molar-refractivity contribution in [1.82, 2.24) is 0 Å². The van der Waals surface area contributed by atoms with Crippen LogP contribution in [0.25, 0.3) is 6.08 Å². The van der Waals surface area contributed by atoms with Crippen LogP contribution < -0.4 is 0 Å². The Balaban J connectivity index is 1.78. The van der Waals surface area contributed by atoms with Crippen LogP contribution in [-0.4, -0.2) is 107 Å². The number of benzene rings is 1. The number of esters is 5. The van der Waals surface area contributed by atoms with Crippen LogP contribution in [0, 0.1) is 22.7 Å². The van der Waals surface area contributed by atoms with Crippen LogP contribution in [0.3, 0.4) is 0 Å². The summed E-state index contributed by atoms with van der Waals surface area (Å²) in [5.41, 5.74) is -7.99. The van der Waals surface area contributed by atoms with Crippen molar-refractivity contribution in [3.05, 3.63) is 42.0 Å². The molecule has 0 amide bonds. The molecule has 0 aromatic heterocycles. The number of aliphatic hydroxyl groups excluding tert-OH is 1. The Morgan fingerprint density at radius 2 is 1.53 bits per heavy atom. The number of carbonyl (C=O) groups excluding carboxylic acids is 7. The molecule has 1 aromatic carbocycles. The lowest BCUT2D eigenvalue weighted by molar-refractivity contribution is -0.300. The van der Waals surface area contributed by atoms with E-state index in [0.29, 0.717) is 5.56 Å². The van der Waals surface area contributed by atoms with Gasteiger partial charge in [0, 0.05) is 57.9 Å². The van der Waals surface area contributed by atoms with Gasteiger partial charge in [0.15, 0.2) is 23.3 Å². The number of hydrogen-bond acceptors (Lipinski definition) is 15. The van der Waals surface area contributed by atoms with Gasteiger partial charge in [-0.15, -0.1) is 0 Å². The second-order valence-corrected chi connectivity index (χ2v) is 14.1. The zero-order chi connectivity index (χ0) is 37.7. The third-order valence-corrected chi connectivity index (χ3v) is 11.1. The lowest BCUT2D eigenvalue weighted by Crippen LogP contribution is -2.81. The largest absolute Gasteiger partial charge is 0.465 e. The molecule has 0 unspecified atom stereocenters. The normalized spacial score (nSPS) is 38.5. The van der Waals surface area contributed by atoms with Crippen molar-refractivity contribution >= 4 is 47.5 Å². The molecule has 3 saturated carbocycles. The van der Waals surface area contributed by atoms with Gasteiger partial charge < -0.3 is 38.6 Å². The molecule has 276 valence electrons. The summed E-state index contributed by atoms with van der Waals surface area (Å²) in [4.78, 5) is 93.1. The van der Waals surface area contributed by atoms with Crippen LogP contribution in [0.4, 0.5) is 0 Å². The predicted octanol–water partition coefficient (Wildman–Crippen LogP) is 1.04. The van der Waals surface area contributed by atoms with E-state index in [1.54, 1.807) is 30.3 Å². The van der Waals surface area contributed by atoms with E-state index in [1.807, 2.05) is 0 Å². The Morgan fingerprint density at radius 1 is 0.902 bits per heavy atom. The average molecular weight is 715 g/mol. The third-order valence-electron chi connectivity index (χ3n) is 11.1. The van der Waals surface area contributed by atoms with Crippen molar-refractivity contribution in [2.45, 2.75) is 96.1 Å². The summed E-state index contributed by atoms with van der Waals surface area (Å²) in [7, 11) is 0. The maximum absolute atomic E-state index is 15.0. The first-order valence-electron chi connectivity index (χ1n) is 16.5. The summed E-state index contributed by atoms with van der Waals surface area (Å²) >= 11 is 0. The van der Waals surface area contributed by atoms with Crippen molar-refractivity contribution in [2.24, 2.45) is 22.7 Å². The van der Waals surface area contributed by atoms with Crippen LogP contribution in [0.1, 0.15) is 59.9 Å². The Labute approximate surface area is 293 Å². The van der Waals surface area contributed by atoms with Gasteiger partial charge in [0.1, 0.15) is 36.6 Å². The van der Waals surface area contributed by atoms with E-state index in [4.69, 9.17) is 28.4 Å². The van der Waals surface area contributed by atoms with Crippen LogP contribution in [0.5, 0.6) is 0 Å². The van der Waals surface area contributed by atoms with Gasteiger partial charge in [-0.1, -0.05) is 37.3 Å². The van der Waals surface area contributed by atoms with E-state index in [2.05, 4.69) is 0 Å². The van der Waals surface area contributed by atoms with Crippen molar-refractivity contribution in [3.8, 4) is 0 Å². The number of hydrogen-bond donors (Lipinski definition) is 2. The Kier molecular flexibility index (Phi) is 10.1. The molecule has 4 fully saturated rings. The number of ketones is 2. The first-order chi connectivity index (χ1) is 23.8. The number of carbonyl (C=O) groups is 7. The molecule has 5 rings (SSSR count). The van der Waals surface area contributed by atoms with Crippen molar-refractivity contribution in [2.75, 3.05) is 13.2 Å². The molecule has 11 atom stereocenters. The smallest absolute Gasteiger partial charge is 0.331 e. The molecule has 1 heterocycles. The lowest BCUT2D eigenvalue weighted by atomic mass is 9.44. The molecule has 0 spiro atoms. The topological polar surface area (TPSA) is 215 Å². The summed E-state index contributed by atoms with van der Waals surface area (Å²) < 4.78 is 34.5. The molecule has 2 N–H and O–H groups in total. The first-order valence-corrected chi connectivity index (χ1v) is 16.5. The maximum atomic E-state index is 15.0. The maximum Gasteiger partial charge on any atom is 0.331 e. The summed E-state index contributed by atoms with van der Waals surface area (Å²) in [5, 5.41) is 25.2. The number of aliphatic hydroxyl groups is 2. The quantitative estimate of drug-likeness (QED) is 0.219. The van der Waals surface area contributed by atoms with E-state index in [9.17, 15) is 43.8 Å². The molecule has 0 radical (unpaired) electrons. The highest BCUT2D eigenvalue weighted by atomic mass is 16.6. The number of rotatable bonds is 8. The van der Waals surface area contributed by atoms with E-state index in [1.165, 1.54) is 19.9 Å². The summed E-state index contributed by atoms with van der Waals surface area (Å²) in [5.74, 6) is -9.51. The van der Waals surface area contributed by atoms with Crippen LogP contribution in [0.15, 0.2) is 36.4 Å². The molecular formula is C36H42O15. The molecule has 1 aromatic rings. The highest BCUT2D eigenvalue weighted by Crippen LogP contribution is 2.66. The molecule has 51 heavy (non-hydrogen) atoms. The fourth-order valence-electron chi connectivity index (χ4n) is 8.79. The second kappa shape index (κ2) is 13.6. The third kappa shape index (κ3) is 6.04. The van der Waals surface area contributed by atoms with Gasteiger partial charge in [-0.25, -0.2) is 4.79 Å². The fraction of sp³-hybridized carbons (Fsp3) is 0.583. The Hall–Kier alpha value is -4.47. The van der Waals surface area contributed by atoms with Gasteiger partial charge in [0.2, 0.25) is 0 Å². The predicted molar refractivity (Wildman–Crippen MR) is 171 cm³/mol. The highest BCUT2D eigenvalue weighted by Gasteiger charge is 2.83. The molecule has 4 aliphatic rings. The van der Waals surface area contributed by atoms with Crippen LogP contribution in [0.2, 0.25) is 0 Å².